The molecule has 1 aromatic rings. The van der Waals surface area contributed by atoms with E-state index in [1.54, 1.807) is 0 Å². The van der Waals surface area contributed by atoms with Crippen molar-refractivity contribution in [1.29, 1.82) is 0 Å². The molecule has 0 amide bonds. The molecule has 3 heteroatoms. The fourth-order valence-electron chi connectivity index (χ4n) is 2.21. The SMILES string of the molecule is C#C[C@H]1N([S@](=O)C(C)(C)C)[C@]1(C)c1ccccc1. The van der Waals surface area contributed by atoms with Gasteiger partial charge >= 0.3 is 0 Å². The molecule has 0 aliphatic carbocycles. The molecule has 2 rings (SSSR count). The summed E-state index contributed by atoms with van der Waals surface area (Å²) >= 11 is 0. The second-order valence-electron chi connectivity index (χ2n) is 5.77. The van der Waals surface area contributed by atoms with Gasteiger partial charge in [0, 0.05) is 0 Å². The lowest BCUT2D eigenvalue weighted by Gasteiger charge is -2.21. The van der Waals surface area contributed by atoms with Crippen molar-refractivity contribution in [3.8, 4) is 12.3 Å². The van der Waals surface area contributed by atoms with E-state index >= 15 is 0 Å². The van der Waals surface area contributed by atoms with Crippen LogP contribution in [0.1, 0.15) is 33.3 Å². The Labute approximate surface area is 112 Å². The number of terminal acetylenes is 1. The van der Waals surface area contributed by atoms with Crippen LogP contribution < -0.4 is 0 Å². The maximum absolute atomic E-state index is 12.5. The normalized spacial score (nSPS) is 32.6. The lowest BCUT2D eigenvalue weighted by atomic mass is 9.97. The summed E-state index contributed by atoms with van der Waals surface area (Å²) in [7, 11) is -1.09. The summed E-state index contributed by atoms with van der Waals surface area (Å²) in [5.74, 6) is 2.76. The summed E-state index contributed by atoms with van der Waals surface area (Å²) in [6.07, 6.45) is 5.59. The molecule has 4 atom stereocenters. The monoisotopic (exact) mass is 261 g/mol. The summed E-state index contributed by atoms with van der Waals surface area (Å²) in [5.41, 5.74) is 0.833. The number of hydrogen-bond donors (Lipinski definition) is 0. The van der Waals surface area contributed by atoms with Crippen LogP contribution in [0.25, 0.3) is 0 Å². The summed E-state index contributed by atoms with van der Waals surface area (Å²) in [4.78, 5) is 0. The van der Waals surface area contributed by atoms with E-state index in [0.29, 0.717) is 0 Å². The van der Waals surface area contributed by atoms with Gasteiger partial charge in [-0.2, -0.15) is 4.31 Å². The van der Waals surface area contributed by atoms with Gasteiger partial charge in [-0.05, 0) is 33.3 Å². The van der Waals surface area contributed by atoms with Gasteiger partial charge in [0.2, 0.25) is 0 Å². The highest BCUT2D eigenvalue weighted by Gasteiger charge is 2.64. The Bertz CT molecular complexity index is 512. The molecule has 2 nitrogen and oxygen atoms in total. The van der Waals surface area contributed by atoms with E-state index in [2.05, 4.69) is 12.8 Å². The Balaban J connectivity index is 2.37. The Kier molecular flexibility index (Phi) is 3.12. The molecule has 0 bridgehead atoms. The van der Waals surface area contributed by atoms with E-state index < -0.39 is 11.0 Å². The fourth-order valence-corrected chi connectivity index (χ4v) is 3.76. The second-order valence-corrected chi connectivity index (χ2v) is 7.89. The maximum Gasteiger partial charge on any atom is 0.107 e. The standard InChI is InChI=1S/C15H19NOS/c1-6-13-15(5,12-10-8-7-9-11-12)16(13)18(17)14(2,3)4/h1,7-11,13H,2-5H3/t13-,15-,16?,18-/m1/s1. The minimum atomic E-state index is -1.09. The van der Waals surface area contributed by atoms with Crippen LogP contribution in [0.3, 0.4) is 0 Å². The Morgan fingerprint density at radius 1 is 1.33 bits per heavy atom. The Morgan fingerprint density at radius 3 is 2.33 bits per heavy atom. The zero-order valence-corrected chi connectivity index (χ0v) is 12.1. The average molecular weight is 261 g/mol. The van der Waals surface area contributed by atoms with Crippen molar-refractivity contribution < 1.29 is 4.21 Å². The van der Waals surface area contributed by atoms with Crippen LogP contribution in [-0.4, -0.2) is 19.3 Å². The molecule has 96 valence electrons. The lowest BCUT2D eigenvalue weighted by molar-refractivity contribution is 0.563. The van der Waals surface area contributed by atoms with Crippen LogP contribution >= 0.6 is 0 Å². The molecule has 1 fully saturated rings. The van der Waals surface area contributed by atoms with Crippen LogP contribution in [-0.2, 0) is 16.5 Å². The number of benzene rings is 1. The summed E-state index contributed by atoms with van der Waals surface area (Å²) in [6.45, 7) is 7.98. The van der Waals surface area contributed by atoms with E-state index in [1.165, 1.54) is 0 Å². The molecular formula is C15H19NOS. The maximum atomic E-state index is 12.5. The first kappa shape index (κ1) is 13.3. The van der Waals surface area contributed by atoms with Gasteiger partial charge in [0.25, 0.3) is 0 Å². The van der Waals surface area contributed by atoms with E-state index in [0.717, 1.165) is 5.56 Å². The molecule has 0 saturated carbocycles. The molecule has 0 radical (unpaired) electrons. The van der Waals surface area contributed by atoms with E-state index in [1.807, 2.05) is 55.4 Å². The third-order valence-electron chi connectivity index (χ3n) is 3.38. The van der Waals surface area contributed by atoms with Crippen molar-refractivity contribution in [2.45, 2.75) is 44.0 Å². The van der Waals surface area contributed by atoms with Crippen LogP contribution in [0.2, 0.25) is 0 Å². The van der Waals surface area contributed by atoms with Crippen molar-refractivity contribution >= 4 is 11.0 Å². The molecule has 0 aromatic heterocycles. The van der Waals surface area contributed by atoms with Gasteiger partial charge in [-0.15, -0.1) is 6.42 Å². The van der Waals surface area contributed by atoms with E-state index in [9.17, 15) is 4.21 Å². The highest BCUT2D eigenvalue weighted by molar-refractivity contribution is 7.84. The van der Waals surface area contributed by atoms with Crippen LogP contribution in [0.4, 0.5) is 0 Å². The van der Waals surface area contributed by atoms with Crippen molar-refractivity contribution in [1.82, 2.24) is 4.31 Å². The zero-order chi connectivity index (χ0) is 13.6. The molecule has 1 heterocycles. The molecule has 1 aromatic carbocycles. The quantitative estimate of drug-likeness (QED) is 0.592. The third-order valence-corrected chi connectivity index (χ3v) is 5.37. The first-order valence-corrected chi connectivity index (χ1v) is 7.17. The summed E-state index contributed by atoms with van der Waals surface area (Å²) < 4.78 is 14.2. The summed E-state index contributed by atoms with van der Waals surface area (Å²) in [6, 6.07) is 9.97. The minimum Gasteiger partial charge on any atom is -0.242 e. The minimum absolute atomic E-state index is 0.0834. The molecule has 1 aliphatic rings. The molecule has 1 aliphatic heterocycles. The number of rotatable bonds is 2. The average Bonchev–Trinajstić information content (AvgIpc) is 2.95. The molecule has 1 saturated heterocycles. The van der Waals surface area contributed by atoms with Gasteiger partial charge in [0.05, 0.1) is 10.3 Å². The van der Waals surface area contributed by atoms with Crippen molar-refractivity contribution in [2.75, 3.05) is 0 Å². The first-order valence-electron chi connectivity index (χ1n) is 6.06. The fraction of sp³-hybridized carbons (Fsp3) is 0.467. The highest BCUT2D eigenvalue weighted by atomic mass is 32.2. The van der Waals surface area contributed by atoms with Gasteiger partial charge < -0.3 is 0 Å². The van der Waals surface area contributed by atoms with E-state index in [4.69, 9.17) is 6.42 Å². The zero-order valence-electron chi connectivity index (χ0n) is 11.3. The Hall–Kier alpha value is -1.11. The number of nitrogens with zero attached hydrogens (tertiary/aromatic N) is 1. The topological polar surface area (TPSA) is 20.1 Å². The van der Waals surface area contributed by atoms with Gasteiger partial charge in [-0.25, -0.2) is 4.21 Å². The van der Waals surface area contributed by atoms with Gasteiger partial charge in [-0.3, -0.25) is 0 Å². The van der Waals surface area contributed by atoms with Crippen molar-refractivity contribution in [2.24, 2.45) is 0 Å². The van der Waals surface area contributed by atoms with Gasteiger partial charge in [0.1, 0.15) is 17.0 Å². The second kappa shape index (κ2) is 4.22. The molecule has 18 heavy (non-hydrogen) atoms. The largest absolute Gasteiger partial charge is 0.242 e. The summed E-state index contributed by atoms with van der Waals surface area (Å²) in [5, 5.41) is 0. The molecule has 0 spiro atoms. The molecule has 0 N–H and O–H groups in total. The third kappa shape index (κ3) is 1.90. The predicted molar refractivity (Wildman–Crippen MR) is 76.1 cm³/mol. The predicted octanol–water partition coefficient (Wildman–Crippen LogP) is 2.68. The van der Waals surface area contributed by atoms with Crippen molar-refractivity contribution in [3.05, 3.63) is 35.9 Å². The molecule has 1 unspecified atom stereocenters. The van der Waals surface area contributed by atoms with E-state index in [-0.39, 0.29) is 16.3 Å². The Morgan fingerprint density at radius 2 is 1.89 bits per heavy atom. The first-order chi connectivity index (χ1) is 8.33. The van der Waals surface area contributed by atoms with Crippen LogP contribution in [0, 0.1) is 12.3 Å². The molecular weight excluding hydrogens is 242 g/mol. The smallest absolute Gasteiger partial charge is 0.107 e. The lowest BCUT2D eigenvalue weighted by Crippen LogP contribution is -2.30. The number of hydrogen-bond acceptors (Lipinski definition) is 1. The van der Waals surface area contributed by atoms with Gasteiger partial charge in [-0.1, -0.05) is 36.3 Å². The highest BCUT2D eigenvalue weighted by Crippen LogP contribution is 2.52. The van der Waals surface area contributed by atoms with Crippen LogP contribution in [0.15, 0.2) is 30.3 Å². The van der Waals surface area contributed by atoms with Crippen LogP contribution in [0.5, 0.6) is 0 Å². The van der Waals surface area contributed by atoms with Gasteiger partial charge in [0.15, 0.2) is 0 Å². The van der Waals surface area contributed by atoms with Crippen molar-refractivity contribution in [3.63, 3.8) is 0 Å².